The minimum atomic E-state index is -0.368. The van der Waals surface area contributed by atoms with Crippen LogP contribution in [0, 0.1) is 12.8 Å². The molecular weight excluding hydrogens is 280 g/mol. The Bertz CT molecular complexity index is 544. The second kappa shape index (κ2) is 7.40. The van der Waals surface area contributed by atoms with Crippen molar-refractivity contribution in [3.8, 4) is 0 Å². The van der Waals surface area contributed by atoms with Crippen LogP contribution in [0.15, 0.2) is 24.3 Å². The van der Waals surface area contributed by atoms with E-state index in [-0.39, 0.29) is 36.8 Å². The zero-order valence-corrected chi connectivity index (χ0v) is 13.2. The Morgan fingerprint density at radius 1 is 1.41 bits per heavy atom. The molecule has 0 unspecified atom stereocenters. The van der Waals surface area contributed by atoms with E-state index in [1.165, 1.54) is 0 Å². The van der Waals surface area contributed by atoms with Crippen molar-refractivity contribution in [3.63, 3.8) is 0 Å². The van der Waals surface area contributed by atoms with Crippen molar-refractivity contribution >= 4 is 11.8 Å². The number of hydrogen-bond acceptors (Lipinski definition) is 3. The summed E-state index contributed by atoms with van der Waals surface area (Å²) < 4.78 is 0. The molecule has 5 nitrogen and oxygen atoms in total. The fourth-order valence-electron chi connectivity index (χ4n) is 3.12. The predicted octanol–water partition coefficient (Wildman–Crippen LogP) is 1.40. The minimum Gasteiger partial charge on any atom is -0.396 e. The fourth-order valence-corrected chi connectivity index (χ4v) is 3.12. The summed E-state index contributed by atoms with van der Waals surface area (Å²) in [6.07, 6.45) is 0.775. The molecule has 120 valence electrons. The van der Waals surface area contributed by atoms with Crippen LogP contribution in [0.1, 0.15) is 36.9 Å². The van der Waals surface area contributed by atoms with E-state index in [0.29, 0.717) is 19.5 Å². The van der Waals surface area contributed by atoms with Gasteiger partial charge in [-0.2, -0.15) is 0 Å². The lowest BCUT2D eigenvalue weighted by atomic mass is 9.90. The zero-order chi connectivity index (χ0) is 16.1. The zero-order valence-electron chi connectivity index (χ0n) is 13.2. The first kappa shape index (κ1) is 16.5. The van der Waals surface area contributed by atoms with Crippen molar-refractivity contribution in [2.75, 3.05) is 19.7 Å². The highest BCUT2D eigenvalue weighted by Gasteiger charge is 2.43. The van der Waals surface area contributed by atoms with Gasteiger partial charge < -0.3 is 15.3 Å². The molecule has 0 radical (unpaired) electrons. The van der Waals surface area contributed by atoms with Crippen LogP contribution in [0.5, 0.6) is 0 Å². The van der Waals surface area contributed by atoms with Gasteiger partial charge in [-0.3, -0.25) is 9.59 Å². The molecule has 2 amide bonds. The lowest BCUT2D eigenvalue weighted by Gasteiger charge is -2.28. The molecule has 1 aromatic rings. The van der Waals surface area contributed by atoms with Gasteiger partial charge in [0.15, 0.2) is 0 Å². The van der Waals surface area contributed by atoms with Crippen molar-refractivity contribution in [2.45, 2.75) is 32.7 Å². The standard InChI is InChI=1S/C17H24N2O3/c1-3-19-15(21)11-14(17(22)18-9-6-10-20)16(19)13-8-5-4-7-12(13)2/h4-5,7-8,14,16,20H,3,6,9-11H2,1-2H3,(H,18,22)/t14-,16+/m1/s1. The van der Waals surface area contributed by atoms with E-state index in [4.69, 9.17) is 5.11 Å². The summed E-state index contributed by atoms with van der Waals surface area (Å²) in [5.41, 5.74) is 2.13. The van der Waals surface area contributed by atoms with E-state index >= 15 is 0 Å². The van der Waals surface area contributed by atoms with E-state index in [1.54, 1.807) is 4.90 Å². The van der Waals surface area contributed by atoms with Crippen LogP contribution < -0.4 is 5.32 Å². The predicted molar refractivity (Wildman–Crippen MR) is 84.1 cm³/mol. The number of rotatable bonds is 6. The molecule has 22 heavy (non-hydrogen) atoms. The van der Waals surface area contributed by atoms with Gasteiger partial charge in [0.1, 0.15) is 0 Å². The Morgan fingerprint density at radius 3 is 2.77 bits per heavy atom. The average Bonchev–Trinajstić information content (AvgIpc) is 2.84. The summed E-state index contributed by atoms with van der Waals surface area (Å²) >= 11 is 0. The normalized spacial score (nSPS) is 21.2. The number of benzene rings is 1. The number of carbonyl (C=O) groups is 2. The van der Waals surface area contributed by atoms with Gasteiger partial charge in [0, 0.05) is 26.1 Å². The molecule has 1 heterocycles. The SMILES string of the molecule is CCN1C(=O)C[C@@H](C(=O)NCCCO)[C@@H]1c1ccccc1C. The van der Waals surface area contributed by atoms with Gasteiger partial charge in [0.2, 0.25) is 11.8 Å². The van der Waals surface area contributed by atoms with E-state index in [9.17, 15) is 9.59 Å². The van der Waals surface area contributed by atoms with Crippen molar-refractivity contribution in [2.24, 2.45) is 5.92 Å². The maximum absolute atomic E-state index is 12.5. The number of aryl methyl sites for hydroxylation is 1. The number of aliphatic hydroxyl groups excluding tert-OH is 1. The summed E-state index contributed by atoms with van der Waals surface area (Å²) in [6, 6.07) is 7.71. The largest absolute Gasteiger partial charge is 0.396 e. The molecule has 0 spiro atoms. The number of likely N-dealkylation sites (tertiary alicyclic amines) is 1. The Labute approximate surface area is 131 Å². The van der Waals surface area contributed by atoms with Gasteiger partial charge >= 0.3 is 0 Å². The summed E-state index contributed by atoms with van der Waals surface area (Å²) in [5.74, 6) is -0.448. The molecule has 5 heteroatoms. The molecule has 1 aliphatic rings. The van der Waals surface area contributed by atoms with Crippen LogP contribution in [0.4, 0.5) is 0 Å². The van der Waals surface area contributed by atoms with Crippen molar-refractivity contribution in [3.05, 3.63) is 35.4 Å². The third kappa shape index (κ3) is 3.30. The quantitative estimate of drug-likeness (QED) is 0.781. The monoisotopic (exact) mass is 304 g/mol. The number of carbonyl (C=O) groups excluding carboxylic acids is 2. The second-order valence-corrected chi connectivity index (χ2v) is 5.66. The Morgan fingerprint density at radius 2 is 2.14 bits per heavy atom. The first-order chi connectivity index (χ1) is 10.6. The third-order valence-electron chi connectivity index (χ3n) is 4.25. The first-order valence-corrected chi connectivity index (χ1v) is 7.83. The van der Waals surface area contributed by atoms with Gasteiger partial charge in [0.25, 0.3) is 0 Å². The summed E-state index contributed by atoms with van der Waals surface area (Å²) in [7, 11) is 0. The molecule has 1 saturated heterocycles. The van der Waals surface area contributed by atoms with Crippen LogP contribution >= 0.6 is 0 Å². The van der Waals surface area contributed by atoms with Crippen LogP contribution in [-0.2, 0) is 9.59 Å². The molecular formula is C17H24N2O3. The van der Waals surface area contributed by atoms with E-state index in [1.807, 2.05) is 38.1 Å². The molecule has 0 aliphatic carbocycles. The van der Waals surface area contributed by atoms with Gasteiger partial charge in [-0.25, -0.2) is 0 Å². The fraction of sp³-hybridized carbons (Fsp3) is 0.529. The van der Waals surface area contributed by atoms with Crippen LogP contribution in [0.25, 0.3) is 0 Å². The lowest BCUT2D eigenvalue weighted by molar-refractivity contribution is -0.129. The highest BCUT2D eigenvalue weighted by molar-refractivity contribution is 5.90. The smallest absolute Gasteiger partial charge is 0.226 e. The van der Waals surface area contributed by atoms with Gasteiger partial charge in [-0.15, -0.1) is 0 Å². The Hall–Kier alpha value is -1.88. The Balaban J connectivity index is 2.26. The number of nitrogens with one attached hydrogen (secondary N) is 1. The van der Waals surface area contributed by atoms with Gasteiger partial charge in [0.05, 0.1) is 12.0 Å². The van der Waals surface area contributed by atoms with Crippen LogP contribution in [0.2, 0.25) is 0 Å². The number of nitrogens with zero attached hydrogens (tertiary/aromatic N) is 1. The van der Waals surface area contributed by atoms with Crippen LogP contribution in [-0.4, -0.2) is 41.5 Å². The topological polar surface area (TPSA) is 69.6 Å². The minimum absolute atomic E-state index is 0.0260. The van der Waals surface area contributed by atoms with E-state index in [0.717, 1.165) is 11.1 Å². The summed E-state index contributed by atoms with van der Waals surface area (Å²) in [5, 5.41) is 11.7. The molecule has 0 bridgehead atoms. The van der Waals surface area contributed by atoms with Gasteiger partial charge in [-0.1, -0.05) is 24.3 Å². The molecule has 0 aromatic heterocycles. The van der Waals surface area contributed by atoms with E-state index in [2.05, 4.69) is 5.32 Å². The molecule has 2 N–H and O–H groups in total. The first-order valence-electron chi connectivity index (χ1n) is 7.83. The molecule has 1 aromatic carbocycles. The number of amides is 2. The number of hydrogen-bond donors (Lipinski definition) is 2. The molecule has 2 rings (SSSR count). The maximum atomic E-state index is 12.5. The number of aliphatic hydroxyl groups is 1. The highest BCUT2D eigenvalue weighted by Crippen LogP contribution is 2.39. The van der Waals surface area contributed by atoms with Gasteiger partial charge in [-0.05, 0) is 31.4 Å². The summed E-state index contributed by atoms with van der Waals surface area (Å²) in [6.45, 7) is 5.03. The molecule has 1 fully saturated rings. The maximum Gasteiger partial charge on any atom is 0.226 e. The molecule has 0 saturated carbocycles. The molecule has 1 aliphatic heterocycles. The van der Waals surface area contributed by atoms with Crippen molar-refractivity contribution < 1.29 is 14.7 Å². The second-order valence-electron chi connectivity index (χ2n) is 5.66. The van der Waals surface area contributed by atoms with E-state index < -0.39 is 0 Å². The highest BCUT2D eigenvalue weighted by atomic mass is 16.3. The van der Waals surface area contributed by atoms with Crippen molar-refractivity contribution in [1.82, 2.24) is 10.2 Å². The van der Waals surface area contributed by atoms with Crippen LogP contribution in [0.3, 0.4) is 0 Å². The average molecular weight is 304 g/mol. The Kier molecular flexibility index (Phi) is 5.55. The lowest BCUT2D eigenvalue weighted by Crippen LogP contribution is -2.36. The van der Waals surface area contributed by atoms with Crippen molar-refractivity contribution in [1.29, 1.82) is 0 Å². The molecule has 2 atom stereocenters. The summed E-state index contributed by atoms with van der Waals surface area (Å²) in [4.78, 5) is 26.5. The third-order valence-corrected chi connectivity index (χ3v) is 4.25.